The molecule has 0 atom stereocenters. The van der Waals surface area contributed by atoms with Crippen molar-refractivity contribution in [2.75, 3.05) is 20.3 Å². The fraction of sp³-hybridized carbons (Fsp3) is 0.500. The van der Waals surface area contributed by atoms with E-state index in [1.54, 1.807) is 33.1 Å². The van der Waals surface area contributed by atoms with E-state index in [4.69, 9.17) is 14.2 Å². The van der Waals surface area contributed by atoms with E-state index in [1.165, 1.54) is 6.92 Å². The highest BCUT2D eigenvalue weighted by atomic mass is 79.9. The van der Waals surface area contributed by atoms with Gasteiger partial charge in [-0.05, 0) is 44.5 Å². The second-order valence-electron chi connectivity index (χ2n) is 4.91. The minimum absolute atomic E-state index is 0.155. The van der Waals surface area contributed by atoms with E-state index < -0.39 is 17.4 Å². The average molecular weight is 373 g/mol. The number of rotatable bonds is 7. The first kappa shape index (κ1) is 18.5. The van der Waals surface area contributed by atoms with Gasteiger partial charge in [-0.1, -0.05) is 15.9 Å². The van der Waals surface area contributed by atoms with Gasteiger partial charge in [-0.3, -0.25) is 9.59 Å². The van der Waals surface area contributed by atoms with E-state index in [0.29, 0.717) is 5.75 Å². The largest absolute Gasteiger partial charge is 0.497 e. The van der Waals surface area contributed by atoms with Crippen LogP contribution in [0.25, 0.3) is 0 Å². The number of benzene rings is 1. The normalized spacial score (nSPS) is 11.0. The molecule has 1 aromatic carbocycles. The van der Waals surface area contributed by atoms with E-state index in [-0.39, 0.29) is 19.6 Å². The van der Waals surface area contributed by atoms with Crippen LogP contribution in [0.4, 0.5) is 0 Å². The standard InChI is InChI=1S/C16H21BrO5/c1-5-21-14(18)16(3,15(19)22-6-2)10-11-9-12(20-4)7-8-13(11)17/h7-9H,5-6,10H2,1-4H3. The second kappa shape index (κ2) is 8.17. The zero-order chi connectivity index (χ0) is 16.8. The Morgan fingerprint density at radius 3 is 2.14 bits per heavy atom. The summed E-state index contributed by atoms with van der Waals surface area (Å²) in [5, 5.41) is 0. The zero-order valence-electron chi connectivity index (χ0n) is 13.3. The summed E-state index contributed by atoms with van der Waals surface area (Å²) in [5.74, 6) is -0.542. The summed E-state index contributed by atoms with van der Waals surface area (Å²) in [6.45, 7) is 5.34. The Bertz CT molecular complexity index is 523. The van der Waals surface area contributed by atoms with E-state index >= 15 is 0 Å². The van der Waals surface area contributed by atoms with Crippen LogP contribution in [-0.4, -0.2) is 32.3 Å². The molecule has 0 fully saturated rings. The molecule has 5 nitrogen and oxygen atoms in total. The molecule has 0 spiro atoms. The Morgan fingerprint density at radius 1 is 1.14 bits per heavy atom. The number of methoxy groups -OCH3 is 1. The van der Waals surface area contributed by atoms with Gasteiger partial charge >= 0.3 is 11.9 Å². The molecule has 0 radical (unpaired) electrons. The van der Waals surface area contributed by atoms with Crippen LogP contribution >= 0.6 is 15.9 Å². The summed E-state index contributed by atoms with van der Waals surface area (Å²) in [6, 6.07) is 5.38. The predicted molar refractivity (Wildman–Crippen MR) is 85.8 cm³/mol. The number of hydrogen-bond donors (Lipinski definition) is 0. The number of carbonyl (C=O) groups is 2. The number of hydrogen-bond acceptors (Lipinski definition) is 5. The van der Waals surface area contributed by atoms with Gasteiger partial charge in [0, 0.05) is 10.9 Å². The maximum atomic E-state index is 12.3. The quantitative estimate of drug-likeness (QED) is 0.543. The smallest absolute Gasteiger partial charge is 0.323 e. The molecule has 0 unspecified atom stereocenters. The number of ether oxygens (including phenoxy) is 3. The van der Waals surface area contributed by atoms with E-state index in [2.05, 4.69) is 15.9 Å². The number of halogens is 1. The van der Waals surface area contributed by atoms with Crippen LogP contribution in [0.3, 0.4) is 0 Å². The summed E-state index contributed by atoms with van der Waals surface area (Å²) >= 11 is 3.43. The van der Waals surface area contributed by atoms with Crippen LogP contribution in [0.15, 0.2) is 22.7 Å². The molecule has 0 aliphatic heterocycles. The third-order valence-electron chi connectivity index (χ3n) is 3.25. The van der Waals surface area contributed by atoms with Crippen LogP contribution in [0.1, 0.15) is 26.3 Å². The molecule has 0 aliphatic carbocycles. The van der Waals surface area contributed by atoms with E-state index in [0.717, 1.165) is 10.0 Å². The highest BCUT2D eigenvalue weighted by Gasteiger charge is 2.44. The molecule has 0 bridgehead atoms. The molecule has 22 heavy (non-hydrogen) atoms. The molecule has 0 aliphatic rings. The van der Waals surface area contributed by atoms with Crippen molar-refractivity contribution >= 4 is 27.9 Å². The van der Waals surface area contributed by atoms with Crippen LogP contribution in [0.2, 0.25) is 0 Å². The lowest BCUT2D eigenvalue weighted by molar-refractivity contribution is -0.170. The predicted octanol–water partition coefficient (Wildman–Crippen LogP) is 3.13. The molecule has 0 saturated carbocycles. The average Bonchev–Trinajstić information content (AvgIpc) is 2.49. The Hall–Kier alpha value is -1.56. The molecule has 0 amide bonds. The minimum atomic E-state index is -1.40. The minimum Gasteiger partial charge on any atom is -0.497 e. The maximum Gasteiger partial charge on any atom is 0.323 e. The molecule has 6 heteroatoms. The molecule has 0 aromatic heterocycles. The van der Waals surface area contributed by atoms with Gasteiger partial charge in [0.1, 0.15) is 5.75 Å². The highest BCUT2D eigenvalue weighted by molar-refractivity contribution is 9.10. The van der Waals surface area contributed by atoms with Crippen molar-refractivity contribution in [2.45, 2.75) is 27.2 Å². The van der Waals surface area contributed by atoms with Crippen molar-refractivity contribution in [2.24, 2.45) is 5.41 Å². The third kappa shape index (κ3) is 4.22. The second-order valence-corrected chi connectivity index (χ2v) is 5.76. The Kier molecular flexibility index (Phi) is 6.87. The van der Waals surface area contributed by atoms with Crippen LogP contribution < -0.4 is 4.74 Å². The van der Waals surface area contributed by atoms with Crippen LogP contribution in [-0.2, 0) is 25.5 Å². The summed E-state index contributed by atoms with van der Waals surface area (Å²) in [7, 11) is 1.56. The van der Waals surface area contributed by atoms with Gasteiger partial charge in [-0.2, -0.15) is 0 Å². The molecule has 0 heterocycles. The summed E-state index contributed by atoms with van der Waals surface area (Å²) in [4.78, 5) is 24.6. The van der Waals surface area contributed by atoms with Gasteiger partial charge in [0.05, 0.1) is 20.3 Å². The first-order valence-electron chi connectivity index (χ1n) is 7.05. The van der Waals surface area contributed by atoms with E-state index in [1.807, 2.05) is 6.07 Å². The lowest BCUT2D eigenvalue weighted by Crippen LogP contribution is -2.41. The molecule has 1 rings (SSSR count). The number of carbonyl (C=O) groups excluding carboxylic acids is 2. The van der Waals surface area contributed by atoms with Gasteiger partial charge in [-0.15, -0.1) is 0 Å². The zero-order valence-corrected chi connectivity index (χ0v) is 14.9. The van der Waals surface area contributed by atoms with Gasteiger partial charge in [0.15, 0.2) is 5.41 Å². The molecular weight excluding hydrogens is 352 g/mol. The lowest BCUT2D eigenvalue weighted by Gasteiger charge is -2.25. The SMILES string of the molecule is CCOC(=O)C(C)(Cc1cc(OC)ccc1Br)C(=O)OCC. The van der Waals surface area contributed by atoms with Gasteiger partial charge in [-0.25, -0.2) is 0 Å². The summed E-state index contributed by atoms with van der Waals surface area (Å²) in [5.41, 5.74) is -0.635. The van der Waals surface area contributed by atoms with Crippen molar-refractivity contribution < 1.29 is 23.8 Å². The first-order valence-corrected chi connectivity index (χ1v) is 7.85. The van der Waals surface area contributed by atoms with Gasteiger partial charge in [0.25, 0.3) is 0 Å². The molecule has 0 N–H and O–H groups in total. The van der Waals surface area contributed by atoms with Crippen molar-refractivity contribution in [3.63, 3.8) is 0 Å². The van der Waals surface area contributed by atoms with Crippen LogP contribution in [0.5, 0.6) is 5.75 Å². The number of esters is 2. The summed E-state index contributed by atoms with van der Waals surface area (Å²) in [6.07, 6.45) is 0.155. The van der Waals surface area contributed by atoms with Crippen LogP contribution in [0, 0.1) is 5.41 Å². The maximum absolute atomic E-state index is 12.3. The molecule has 122 valence electrons. The van der Waals surface area contributed by atoms with Gasteiger partial charge < -0.3 is 14.2 Å². The summed E-state index contributed by atoms with van der Waals surface area (Å²) < 4.78 is 16.1. The Balaban J connectivity index is 3.18. The van der Waals surface area contributed by atoms with Crippen molar-refractivity contribution in [3.05, 3.63) is 28.2 Å². The van der Waals surface area contributed by atoms with Gasteiger partial charge in [0.2, 0.25) is 0 Å². The van der Waals surface area contributed by atoms with Crippen molar-refractivity contribution in [3.8, 4) is 5.75 Å². The fourth-order valence-corrected chi connectivity index (χ4v) is 2.39. The molecular formula is C16H21BrO5. The fourth-order valence-electron chi connectivity index (χ4n) is 2.00. The molecule has 1 aromatic rings. The monoisotopic (exact) mass is 372 g/mol. The van der Waals surface area contributed by atoms with Crippen molar-refractivity contribution in [1.82, 2.24) is 0 Å². The Morgan fingerprint density at radius 2 is 1.68 bits per heavy atom. The highest BCUT2D eigenvalue weighted by Crippen LogP contribution is 2.32. The topological polar surface area (TPSA) is 61.8 Å². The van der Waals surface area contributed by atoms with E-state index in [9.17, 15) is 9.59 Å². The lowest BCUT2D eigenvalue weighted by atomic mass is 9.83. The first-order chi connectivity index (χ1) is 10.4. The molecule has 0 saturated heterocycles. The Labute approximate surface area is 139 Å². The van der Waals surface area contributed by atoms with Crippen molar-refractivity contribution in [1.29, 1.82) is 0 Å². The third-order valence-corrected chi connectivity index (χ3v) is 4.02.